The quantitative estimate of drug-likeness (QED) is 0.807. The second-order valence-electron chi connectivity index (χ2n) is 4.57. The minimum absolute atomic E-state index is 0.103. The molecule has 102 valence electrons. The van der Waals surface area contributed by atoms with E-state index in [2.05, 4.69) is 4.98 Å². The summed E-state index contributed by atoms with van der Waals surface area (Å²) in [6.45, 7) is 8.30. The maximum atomic E-state index is 11.9. The molecule has 0 aliphatic rings. The summed E-state index contributed by atoms with van der Waals surface area (Å²) in [7, 11) is 0. The summed E-state index contributed by atoms with van der Waals surface area (Å²) in [6, 6.07) is 0.103. The Morgan fingerprint density at radius 1 is 1.44 bits per heavy atom. The third kappa shape index (κ3) is 3.78. The second-order valence-corrected chi connectivity index (χ2v) is 5.65. The Morgan fingerprint density at radius 2 is 2.11 bits per heavy atom. The first-order valence-corrected chi connectivity index (χ1v) is 7.23. The van der Waals surface area contributed by atoms with E-state index in [4.69, 9.17) is 10.5 Å². The number of aromatic nitrogens is 1. The highest BCUT2D eigenvalue weighted by Gasteiger charge is 2.21. The van der Waals surface area contributed by atoms with E-state index in [0.717, 1.165) is 23.5 Å². The fourth-order valence-corrected chi connectivity index (χ4v) is 2.77. The number of esters is 1. The van der Waals surface area contributed by atoms with E-state index in [9.17, 15) is 4.79 Å². The van der Waals surface area contributed by atoms with Crippen molar-refractivity contribution in [3.8, 4) is 0 Å². The molecular weight excluding hydrogens is 248 g/mol. The van der Waals surface area contributed by atoms with E-state index in [0.29, 0.717) is 11.5 Å². The third-order valence-electron chi connectivity index (χ3n) is 2.67. The fraction of sp³-hybridized carbons (Fsp3) is 0.692. The molecule has 1 aromatic rings. The summed E-state index contributed by atoms with van der Waals surface area (Å²) >= 11 is 1.41. The van der Waals surface area contributed by atoms with Crippen molar-refractivity contribution in [2.24, 2.45) is 5.73 Å². The number of nitrogens with two attached hydrogens (primary N) is 1. The molecule has 0 spiro atoms. The molecule has 0 saturated heterocycles. The molecule has 1 rings (SSSR count). The summed E-state index contributed by atoms with van der Waals surface area (Å²) < 4.78 is 5.06. The van der Waals surface area contributed by atoms with Crippen molar-refractivity contribution in [2.45, 2.75) is 52.5 Å². The van der Waals surface area contributed by atoms with Crippen molar-refractivity contribution in [3.63, 3.8) is 0 Å². The summed E-state index contributed by atoms with van der Waals surface area (Å²) in [5.41, 5.74) is 6.76. The number of carbonyl (C=O) groups excluding carboxylic acids is 1. The Bertz CT molecular complexity index is 402. The Morgan fingerprint density at radius 3 is 2.61 bits per heavy atom. The van der Waals surface area contributed by atoms with Gasteiger partial charge in [-0.25, -0.2) is 9.78 Å². The van der Waals surface area contributed by atoms with E-state index < -0.39 is 0 Å². The van der Waals surface area contributed by atoms with E-state index in [1.165, 1.54) is 11.3 Å². The van der Waals surface area contributed by atoms with Crippen LogP contribution >= 0.6 is 11.3 Å². The van der Waals surface area contributed by atoms with Gasteiger partial charge in [0.2, 0.25) is 0 Å². The number of hydrogen-bond acceptors (Lipinski definition) is 5. The van der Waals surface area contributed by atoms with Gasteiger partial charge < -0.3 is 10.5 Å². The Balaban J connectivity index is 2.97. The summed E-state index contributed by atoms with van der Waals surface area (Å²) in [5.74, 6) is -0.0534. The molecule has 0 aliphatic heterocycles. The minimum atomic E-state index is -0.269. The molecule has 18 heavy (non-hydrogen) atoms. The lowest BCUT2D eigenvalue weighted by Gasteiger charge is -2.04. The van der Waals surface area contributed by atoms with Crippen molar-refractivity contribution in [1.29, 1.82) is 0 Å². The first kappa shape index (κ1) is 15.1. The first-order chi connectivity index (χ1) is 8.49. The number of thiazole rings is 1. The molecular formula is C13H22N2O2S. The predicted octanol–water partition coefficient (Wildman–Crippen LogP) is 2.72. The van der Waals surface area contributed by atoms with Gasteiger partial charge in [-0.1, -0.05) is 20.8 Å². The van der Waals surface area contributed by atoms with Crippen LogP contribution in [0.5, 0.6) is 0 Å². The van der Waals surface area contributed by atoms with Crippen LogP contribution in [-0.2, 0) is 11.2 Å². The zero-order chi connectivity index (χ0) is 13.7. The van der Waals surface area contributed by atoms with E-state index in [1.54, 1.807) is 0 Å². The first-order valence-electron chi connectivity index (χ1n) is 6.41. The van der Waals surface area contributed by atoms with Gasteiger partial charge in [0.1, 0.15) is 4.88 Å². The monoisotopic (exact) mass is 270 g/mol. The van der Waals surface area contributed by atoms with Crippen LogP contribution in [0.4, 0.5) is 0 Å². The lowest BCUT2D eigenvalue weighted by atomic mass is 10.1. The van der Waals surface area contributed by atoms with Crippen LogP contribution in [0.2, 0.25) is 0 Å². The van der Waals surface area contributed by atoms with Crippen molar-refractivity contribution in [2.75, 3.05) is 6.61 Å². The SMILES string of the molecule is CCOC(=O)c1sc(CC(N)CC)nc1C(C)C. The van der Waals surface area contributed by atoms with Gasteiger partial charge in [-0.2, -0.15) is 0 Å². The summed E-state index contributed by atoms with van der Waals surface area (Å²) in [4.78, 5) is 17.0. The van der Waals surface area contributed by atoms with Crippen LogP contribution < -0.4 is 5.73 Å². The maximum Gasteiger partial charge on any atom is 0.350 e. The zero-order valence-corrected chi connectivity index (χ0v) is 12.3. The number of carbonyl (C=O) groups is 1. The molecule has 1 aromatic heterocycles. The highest BCUT2D eigenvalue weighted by atomic mass is 32.1. The Hall–Kier alpha value is -0.940. The molecule has 0 fully saturated rings. The Labute approximate surface area is 113 Å². The molecule has 5 heteroatoms. The van der Waals surface area contributed by atoms with E-state index >= 15 is 0 Å². The van der Waals surface area contributed by atoms with Gasteiger partial charge in [-0.3, -0.25) is 0 Å². The lowest BCUT2D eigenvalue weighted by Crippen LogP contribution is -2.21. The predicted molar refractivity (Wildman–Crippen MR) is 74.1 cm³/mol. The molecule has 4 nitrogen and oxygen atoms in total. The van der Waals surface area contributed by atoms with Gasteiger partial charge in [-0.15, -0.1) is 11.3 Å². The topological polar surface area (TPSA) is 65.2 Å². The van der Waals surface area contributed by atoms with Crippen LogP contribution in [0.15, 0.2) is 0 Å². The average Bonchev–Trinajstić information content (AvgIpc) is 2.73. The molecule has 0 radical (unpaired) electrons. The Kier molecular flexibility index (Phi) is 5.75. The van der Waals surface area contributed by atoms with Crippen LogP contribution in [0.3, 0.4) is 0 Å². The molecule has 0 aromatic carbocycles. The third-order valence-corrected chi connectivity index (χ3v) is 3.74. The van der Waals surface area contributed by atoms with E-state index in [1.807, 2.05) is 27.7 Å². The molecule has 1 atom stereocenters. The maximum absolute atomic E-state index is 11.9. The van der Waals surface area contributed by atoms with E-state index in [-0.39, 0.29) is 17.9 Å². The van der Waals surface area contributed by atoms with Gasteiger partial charge in [0, 0.05) is 12.5 Å². The van der Waals surface area contributed by atoms with Gasteiger partial charge in [-0.05, 0) is 19.3 Å². The molecule has 0 aliphatic carbocycles. The van der Waals surface area contributed by atoms with Gasteiger partial charge in [0.05, 0.1) is 17.3 Å². The summed E-state index contributed by atoms with van der Waals surface area (Å²) in [5, 5.41) is 0.927. The molecule has 0 saturated carbocycles. The van der Waals surface area contributed by atoms with Crippen molar-refractivity contribution >= 4 is 17.3 Å². The second kappa shape index (κ2) is 6.85. The molecule has 2 N–H and O–H groups in total. The number of nitrogens with zero attached hydrogens (tertiary/aromatic N) is 1. The van der Waals surface area contributed by atoms with Crippen LogP contribution in [0, 0.1) is 0 Å². The number of rotatable bonds is 6. The highest BCUT2D eigenvalue weighted by Crippen LogP contribution is 2.26. The van der Waals surface area contributed by atoms with Gasteiger partial charge in [0.15, 0.2) is 0 Å². The average molecular weight is 270 g/mol. The molecule has 0 amide bonds. The number of ether oxygens (including phenoxy) is 1. The highest BCUT2D eigenvalue weighted by molar-refractivity contribution is 7.13. The standard InChI is InChI=1S/C13H22N2O2S/c1-5-9(14)7-10-15-11(8(3)4)12(18-10)13(16)17-6-2/h8-9H,5-7,14H2,1-4H3. The zero-order valence-electron chi connectivity index (χ0n) is 11.5. The molecule has 1 unspecified atom stereocenters. The largest absolute Gasteiger partial charge is 0.462 e. The van der Waals surface area contributed by atoms with Gasteiger partial charge >= 0.3 is 5.97 Å². The van der Waals surface area contributed by atoms with Gasteiger partial charge in [0.25, 0.3) is 0 Å². The minimum Gasteiger partial charge on any atom is -0.462 e. The lowest BCUT2D eigenvalue weighted by molar-refractivity contribution is 0.0530. The van der Waals surface area contributed by atoms with Crippen LogP contribution in [0.1, 0.15) is 60.4 Å². The molecule has 0 bridgehead atoms. The fourth-order valence-electron chi connectivity index (χ4n) is 1.57. The van der Waals surface area contributed by atoms with Crippen molar-refractivity contribution in [1.82, 2.24) is 4.98 Å². The summed E-state index contributed by atoms with van der Waals surface area (Å²) in [6.07, 6.45) is 1.63. The van der Waals surface area contributed by atoms with Crippen LogP contribution in [-0.4, -0.2) is 23.6 Å². The normalized spacial score (nSPS) is 12.8. The van der Waals surface area contributed by atoms with Crippen molar-refractivity contribution < 1.29 is 9.53 Å². The smallest absolute Gasteiger partial charge is 0.350 e. The van der Waals surface area contributed by atoms with Crippen LogP contribution in [0.25, 0.3) is 0 Å². The molecule has 1 heterocycles. The van der Waals surface area contributed by atoms with Crippen molar-refractivity contribution in [3.05, 3.63) is 15.6 Å². The number of hydrogen-bond donors (Lipinski definition) is 1.